The number of allylic oxidation sites excluding steroid dienone is 1. The summed E-state index contributed by atoms with van der Waals surface area (Å²) >= 11 is 0. The van der Waals surface area contributed by atoms with Crippen LogP contribution in [0.5, 0.6) is 5.75 Å². The SMILES string of the molecule is COc1cc(C(F)(F)F)ccc1/C(C)=C/C(=O)O. The van der Waals surface area contributed by atoms with E-state index in [1.165, 1.54) is 20.1 Å². The third-order valence-electron chi connectivity index (χ3n) is 2.29. The van der Waals surface area contributed by atoms with Crippen LogP contribution < -0.4 is 4.74 Å². The predicted molar refractivity (Wildman–Crippen MR) is 59.3 cm³/mol. The normalized spacial score (nSPS) is 12.4. The highest BCUT2D eigenvalue weighted by atomic mass is 19.4. The molecular weight excluding hydrogens is 249 g/mol. The lowest BCUT2D eigenvalue weighted by Gasteiger charge is -2.12. The van der Waals surface area contributed by atoms with Crippen molar-refractivity contribution in [3.8, 4) is 5.75 Å². The van der Waals surface area contributed by atoms with Crippen molar-refractivity contribution in [2.75, 3.05) is 7.11 Å². The molecule has 0 amide bonds. The number of ether oxygens (including phenoxy) is 1. The van der Waals surface area contributed by atoms with Gasteiger partial charge in [-0.3, -0.25) is 0 Å². The Kier molecular flexibility index (Phi) is 4.00. The second-order valence-electron chi connectivity index (χ2n) is 3.58. The van der Waals surface area contributed by atoms with Gasteiger partial charge in [-0.05, 0) is 24.6 Å². The van der Waals surface area contributed by atoms with Crippen LogP contribution in [0, 0.1) is 0 Å². The van der Waals surface area contributed by atoms with Crippen LogP contribution in [0.3, 0.4) is 0 Å². The Labute approximate surface area is 101 Å². The lowest BCUT2D eigenvalue weighted by molar-refractivity contribution is -0.137. The second kappa shape index (κ2) is 5.12. The maximum absolute atomic E-state index is 12.5. The highest BCUT2D eigenvalue weighted by Gasteiger charge is 2.31. The van der Waals surface area contributed by atoms with Crippen molar-refractivity contribution in [1.29, 1.82) is 0 Å². The van der Waals surface area contributed by atoms with E-state index in [1.807, 2.05) is 0 Å². The van der Waals surface area contributed by atoms with Gasteiger partial charge in [-0.2, -0.15) is 13.2 Å². The monoisotopic (exact) mass is 260 g/mol. The summed E-state index contributed by atoms with van der Waals surface area (Å²) < 4.78 is 42.3. The topological polar surface area (TPSA) is 46.5 Å². The molecule has 0 aromatic heterocycles. The molecule has 18 heavy (non-hydrogen) atoms. The number of benzene rings is 1. The van der Waals surface area contributed by atoms with E-state index in [9.17, 15) is 18.0 Å². The van der Waals surface area contributed by atoms with E-state index in [0.717, 1.165) is 18.2 Å². The van der Waals surface area contributed by atoms with Crippen LogP contribution in [0.1, 0.15) is 18.1 Å². The van der Waals surface area contributed by atoms with Gasteiger partial charge in [0.15, 0.2) is 0 Å². The lowest BCUT2D eigenvalue weighted by Crippen LogP contribution is -2.05. The highest BCUT2D eigenvalue weighted by Crippen LogP contribution is 2.35. The van der Waals surface area contributed by atoms with E-state index in [-0.39, 0.29) is 5.75 Å². The van der Waals surface area contributed by atoms with E-state index in [4.69, 9.17) is 9.84 Å². The van der Waals surface area contributed by atoms with Crippen LogP contribution >= 0.6 is 0 Å². The molecule has 1 rings (SSSR count). The summed E-state index contributed by atoms with van der Waals surface area (Å²) in [6, 6.07) is 2.92. The fourth-order valence-electron chi connectivity index (χ4n) is 1.46. The zero-order valence-corrected chi connectivity index (χ0v) is 9.71. The summed E-state index contributed by atoms with van der Waals surface area (Å²) in [5.41, 5.74) is -0.216. The molecule has 0 saturated heterocycles. The quantitative estimate of drug-likeness (QED) is 0.849. The molecule has 0 spiro atoms. The molecule has 6 heteroatoms. The van der Waals surface area contributed by atoms with Crippen LogP contribution in [-0.4, -0.2) is 18.2 Å². The van der Waals surface area contributed by atoms with Crippen LogP contribution in [0.15, 0.2) is 24.3 Å². The summed E-state index contributed by atoms with van der Waals surface area (Å²) in [7, 11) is 1.23. The summed E-state index contributed by atoms with van der Waals surface area (Å²) in [6.45, 7) is 1.49. The molecule has 1 N–H and O–H groups in total. The summed E-state index contributed by atoms with van der Waals surface area (Å²) in [5, 5.41) is 8.60. The molecule has 0 bridgehead atoms. The zero-order valence-electron chi connectivity index (χ0n) is 9.71. The van der Waals surface area contributed by atoms with Crippen molar-refractivity contribution in [3.05, 3.63) is 35.4 Å². The maximum Gasteiger partial charge on any atom is 0.416 e. The van der Waals surface area contributed by atoms with Gasteiger partial charge in [0.2, 0.25) is 0 Å². The molecule has 1 aromatic rings. The van der Waals surface area contributed by atoms with Crippen molar-refractivity contribution in [3.63, 3.8) is 0 Å². The number of alkyl halides is 3. The Hall–Kier alpha value is -1.98. The largest absolute Gasteiger partial charge is 0.496 e. The van der Waals surface area contributed by atoms with Gasteiger partial charge in [-0.1, -0.05) is 6.07 Å². The number of carboxylic acids is 1. The standard InChI is InChI=1S/C12H11F3O3/c1-7(5-11(16)17)9-4-3-8(12(13,14)15)6-10(9)18-2/h3-6H,1-2H3,(H,16,17)/b7-5+. The van der Waals surface area contributed by atoms with Crippen molar-refractivity contribution < 1.29 is 27.8 Å². The zero-order chi connectivity index (χ0) is 13.9. The molecule has 0 heterocycles. The molecule has 0 atom stereocenters. The third kappa shape index (κ3) is 3.26. The molecule has 0 aliphatic rings. The Balaban J connectivity index is 3.28. The van der Waals surface area contributed by atoms with E-state index < -0.39 is 17.7 Å². The first-order valence-corrected chi connectivity index (χ1v) is 4.92. The van der Waals surface area contributed by atoms with Crippen LogP contribution in [0.2, 0.25) is 0 Å². The Morgan fingerprint density at radius 3 is 2.44 bits per heavy atom. The van der Waals surface area contributed by atoms with Gasteiger partial charge >= 0.3 is 12.1 Å². The third-order valence-corrected chi connectivity index (χ3v) is 2.29. The van der Waals surface area contributed by atoms with Gasteiger partial charge < -0.3 is 9.84 Å². The second-order valence-corrected chi connectivity index (χ2v) is 3.58. The number of methoxy groups -OCH3 is 1. The summed E-state index contributed by atoms with van der Waals surface area (Å²) in [5.74, 6) is -1.19. The molecule has 1 aromatic carbocycles. The smallest absolute Gasteiger partial charge is 0.416 e. The van der Waals surface area contributed by atoms with Gasteiger partial charge in [0.25, 0.3) is 0 Å². The van der Waals surface area contributed by atoms with Crippen LogP contribution in [0.4, 0.5) is 13.2 Å². The lowest BCUT2D eigenvalue weighted by atomic mass is 10.0. The Bertz CT molecular complexity index is 490. The van der Waals surface area contributed by atoms with Gasteiger partial charge in [-0.25, -0.2) is 4.79 Å². The molecular formula is C12H11F3O3. The van der Waals surface area contributed by atoms with E-state index in [1.54, 1.807) is 0 Å². The maximum atomic E-state index is 12.5. The van der Waals surface area contributed by atoms with Gasteiger partial charge in [0.05, 0.1) is 12.7 Å². The van der Waals surface area contributed by atoms with Crippen molar-refractivity contribution in [1.82, 2.24) is 0 Å². The van der Waals surface area contributed by atoms with E-state index in [2.05, 4.69) is 0 Å². The van der Waals surface area contributed by atoms with Crippen molar-refractivity contribution >= 4 is 11.5 Å². The number of hydrogen-bond donors (Lipinski definition) is 1. The van der Waals surface area contributed by atoms with Gasteiger partial charge in [-0.15, -0.1) is 0 Å². The number of carboxylic acid groups (broad SMARTS) is 1. The number of carbonyl (C=O) groups is 1. The van der Waals surface area contributed by atoms with E-state index in [0.29, 0.717) is 11.1 Å². The van der Waals surface area contributed by atoms with Gasteiger partial charge in [0, 0.05) is 11.6 Å². The Morgan fingerprint density at radius 2 is 2.00 bits per heavy atom. The molecule has 98 valence electrons. The average molecular weight is 260 g/mol. The van der Waals surface area contributed by atoms with Gasteiger partial charge in [0.1, 0.15) is 5.75 Å². The fourth-order valence-corrected chi connectivity index (χ4v) is 1.46. The first-order valence-electron chi connectivity index (χ1n) is 4.92. The van der Waals surface area contributed by atoms with Crippen LogP contribution in [-0.2, 0) is 11.0 Å². The fraction of sp³-hybridized carbons (Fsp3) is 0.250. The molecule has 0 aliphatic heterocycles. The average Bonchev–Trinajstić information content (AvgIpc) is 2.26. The minimum atomic E-state index is -4.46. The number of halogens is 3. The molecule has 3 nitrogen and oxygen atoms in total. The number of hydrogen-bond acceptors (Lipinski definition) is 2. The molecule has 0 aliphatic carbocycles. The minimum Gasteiger partial charge on any atom is -0.496 e. The first-order chi connectivity index (χ1) is 8.25. The minimum absolute atomic E-state index is 0.0141. The number of rotatable bonds is 3. The number of aliphatic carboxylic acids is 1. The molecule has 0 radical (unpaired) electrons. The molecule has 0 saturated carbocycles. The summed E-state index contributed by atoms with van der Waals surface area (Å²) in [6.07, 6.45) is -3.55. The summed E-state index contributed by atoms with van der Waals surface area (Å²) in [4.78, 5) is 10.5. The predicted octanol–water partition coefficient (Wildman–Crippen LogP) is 3.20. The van der Waals surface area contributed by atoms with E-state index >= 15 is 0 Å². The van der Waals surface area contributed by atoms with Crippen molar-refractivity contribution in [2.24, 2.45) is 0 Å². The van der Waals surface area contributed by atoms with Crippen molar-refractivity contribution in [2.45, 2.75) is 13.1 Å². The molecule has 0 unspecified atom stereocenters. The highest BCUT2D eigenvalue weighted by molar-refractivity contribution is 5.90. The first kappa shape index (κ1) is 14.1. The Morgan fingerprint density at radius 1 is 1.39 bits per heavy atom. The molecule has 0 fully saturated rings. The van der Waals surface area contributed by atoms with Crippen LogP contribution in [0.25, 0.3) is 5.57 Å².